The molecule has 1 heterocycles. The van der Waals surface area contributed by atoms with Crippen LogP contribution in [0.2, 0.25) is 0 Å². The normalized spacial score (nSPS) is 43.6. The van der Waals surface area contributed by atoms with Crippen LogP contribution < -0.4 is 27.8 Å². The Labute approximate surface area is 193 Å². The van der Waals surface area contributed by atoms with Gasteiger partial charge < -0.3 is 53.0 Å². The fraction of sp³-hybridized carbons (Fsp3) is 0.950. The van der Waals surface area contributed by atoms with Gasteiger partial charge in [-0.1, -0.05) is 0 Å². The molecule has 2 amide bonds. The number of hydrogen-bond donors (Lipinski definition) is 10. The molecule has 0 spiro atoms. The van der Waals surface area contributed by atoms with Gasteiger partial charge in [-0.25, -0.2) is 9.86 Å². The van der Waals surface area contributed by atoms with Crippen LogP contribution in [0.4, 0.5) is 4.79 Å². The smallest absolute Gasteiger partial charge is 0.341 e. The van der Waals surface area contributed by atoms with Gasteiger partial charge in [0, 0.05) is 37.1 Å². The number of rotatable bonds is 8. The number of nitrogens with one attached hydrogen (secondary N) is 2. The summed E-state index contributed by atoms with van der Waals surface area (Å²) in [7, 11) is 0. The summed E-state index contributed by atoms with van der Waals surface area (Å²) in [5, 5.41) is 58.1. The van der Waals surface area contributed by atoms with E-state index in [0.29, 0.717) is 17.5 Å². The largest absolute Gasteiger partial charge is 0.393 e. The van der Waals surface area contributed by atoms with Gasteiger partial charge >= 0.3 is 6.03 Å². The van der Waals surface area contributed by atoms with Crippen molar-refractivity contribution in [3.8, 4) is 0 Å². The van der Waals surface area contributed by atoms with E-state index in [1.54, 1.807) is 0 Å². The molecule has 1 aliphatic heterocycles. The van der Waals surface area contributed by atoms with E-state index in [0.717, 1.165) is 12.8 Å². The van der Waals surface area contributed by atoms with Crippen LogP contribution >= 0.6 is 0 Å². The summed E-state index contributed by atoms with van der Waals surface area (Å²) >= 11 is 0. The fourth-order valence-electron chi connectivity index (χ4n) is 5.22. The van der Waals surface area contributed by atoms with Crippen LogP contribution in [0.15, 0.2) is 0 Å². The van der Waals surface area contributed by atoms with E-state index in [4.69, 9.17) is 21.9 Å². The number of nitrogens with two attached hydrogens (primary N) is 3. The number of aliphatic hydroxyl groups is 4. The average Bonchev–Trinajstić information content (AvgIpc) is 2.73. The third-order valence-electron chi connectivity index (χ3n) is 7.10. The molecule has 3 aliphatic rings. The van der Waals surface area contributed by atoms with Gasteiger partial charge in [0.1, 0.15) is 18.3 Å². The molecule has 0 radical (unpaired) electrons. The zero-order valence-electron chi connectivity index (χ0n) is 18.7. The molecule has 0 aromatic carbocycles. The van der Waals surface area contributed by atoms with Gasteiger partial charge in [-0.3, -0.25) is 5.21 Å². The Morgan fingerprint density at radius 1 is 1.00 bits per heavy atom. The SMILES string of the molecule is NCCN(O)C(=O)NC1CC(N)C(C2OC(CNCC3CC(N)C3)C(O)C(O)C2O)C(O)C1. The standard InChI is InChI=1S/C20H40N6O7/c21-1-2-26(32)20(31)25-11-5-12(23)15(13(27)6-11)19-18(30)17(29)16(28)14(33-19)8-24-7-9-3-10(22)4-9/h9-19,24,27-30,32H,1-8,21-23H2,(H,25,31). The number of aliphatic hydroxyl groups excluding tert-OH is 4. The Morgan fingerprint density at radius 2 is 1.70 bits per heavy atom. The monoisotopic (exact) mass is 476 g/mol. The molecular formula is C20H40N6O7. The van der Waals surface area contributed by atoms with Crippen molar-refractivity contribution >= 4 is 6.03 Å². The minimum Gasteiger partial charge on any atom is -0.393 e. The van der Waals surface area contributed by atoms with Crippen LogP contribution in [0, 0.1) is 11.8 Å². The summed E-state index contributed by atoms with van der Waals surface area (Å²) in [6.07, 6.45) is -4.77. The number of carbonyl (C=O) groups excluding carboxylic acids is 1. The first kappa shape index (κ1) is 26.5. The van der Waals surface area contributed by atoms with E-state index >= 15 is 0 Å². The van der Waals surface area contributed by atoms with Gasteiger partial charge in [-0.05, 0) is 38.1 Å². The highest BCUT2D eigenvalue weighted by atomic mass is 16.5. The number of ether oxygens (including phenoxy) is 1. The van der Waals surface area contributed by atoms with Crippen LogP contribution in [0.3, 0.4) is 0 Å². The second-order valence-corrected chi connectivity index (χ2v) is 9.70. The van der Waals surface area contributed by atoms with Crippen LogP contribution in [0.5, 0.6) is 0 Å². The van der Waals surface area contributed by atoms with Crippen LogP contribution in [0.1, 0.15) is 25.7 Å². The van der Waals surface area contributed by atoms with Gasteiger partial charge in [0.25, 0.3) is 0 Å². The topological polar surface area (TPSA) is 233 Å². The van der Waals surface area contributed by atoms with Gasteiger partial charge in [0.2, 0.25) is 0 Å². The molecule has 0 aromatic heterocycles. The molecule has 13 heteroatoms. The van der Waals surface area contributed by atoms with E-state index in [9.17, 15) is 30.4 Å². The maximum Gasteiger partial charge on any atom is 0.341 e. The zero-order chi connectivity index (χ0) is 24.3. The fourth-order valence-corrected chi connectivity index (χ4v) is 5.22. The van der Waals surface area contributed by atoms with E-state index in [1.165, 1.54) is 0 Å². The predicted molar refractivity (Wildman–Crippen MR) is 117 cm³/mol. The van der Waals surface area contributed by atoms with Crippen molar-refractivity contribution < 1.29 is 35.2 Å². The second-order valence-electron chi connectivity index (χ2n) is 9.70. The number of urea groups is 1. The van der Waals surface area contributed by atoms with Crippen LogP contribution in [0.25, 0.3) is 0 Å². The average molecular weight is 477 g/mol. The number of hydrogen-bond acceptors (Lipinski definition) is 11. The lowest BCUT2D eigenvalue weighted by Gasteiger charge is -2.48. The second kappa shape index (κ2) is 11.5. The highest BCUT2D eigenvalue weighted by Gasteiger charge is 2.51. The molecule has 3 fully saturated rings. The Kier molecular flexibility index (Phi) is 9.25. The molecule has 9 unspecified atom stereocenters. The molecular weight excluding hydrogens is 436 g/mol. The van der Waals surface area contributed by atoms with Gasteiger partial charge in [0.15, 0.2) is 0 Å². The van der Waals surface area contributed by atoms with E-state index < -0.39 is 60.7 Å². The Hall–Kier alpha value is -1.13. The summed E-state index contributed by atoms with van der Waals surface area (Å²) in [5.74, 6) is -0.260. The van der Waals surface area contributed by atoms with Crippen molar-refractivity contribution in [2.75, 3.05) is 26.2 Å². The lowest BCUT2D eigenvalue weighted by Crippen LogP contribution is -2.66. The first-order valence-corrected chi connectivity index (χ1v) is 11.7. The highest BCUT2D eigenvalue weighted by Crippen LogP contribution is 2.35. The minimum absolute atomic E-state index is 0.0406. The van der Waals surface area contributed by atoms with Crippen molar-refractivity contribution in [3.05, 3.63) is 0 Å². The van der Waals surface area contributed by atoms with Crippen LogP contribution in [-0.2, 0) is 4.74 Å². The first-order valence-electron chi connectivity index (χ1n) is 11.7. The van der Waals surface area contributed by atoms with Gasteiger partial charge in [-0.15, -0.1) is 0 Å². The minimum atomic E-state index is -1.45. The van der Waals surface area contributed by atoms with Crippen molar-refractivity contribution in [2.24, 2.45) is 29.0 Å². The van der Waals surface area contributed by atoms with Gasteiger partial charge in [0.05, 0.1) is 24.9 Å². The molecule has 0 bridgehead atoms. The molecule has 0 aromatic rings. The van der Waals surface area contributed by atoms with Crippen LogP contribution in [-0.4, -0.2) is 118 Å². The number of hydroxylamine groups is 2. The third kappa shape index (κ3) is 6.31. The van der Waals surface area contributed by atoms with Crippen molar-refractivity contribution in [3.63, 3.8) is 0 Å². The van der Waals surface area contributed by atoms with Crippen molar-refractivity contribution in [2.45, 2.75) is 80.4 Å². The Bertz CT molecular complexity index is 630. The molecule has 13 nitrogen and oxygen atoms in total. The number of carbonyl (C=O) groups is 1. The summed E-state index contributed by atoms with van der Waals surface area (Å²) in [4.78, 5) is 12.0. The molecule has 2 aliphatic carbocycles. The van der Waals surface area contributed by atoms with Crippen molar-refractivity contribution in [1.29, 1.82) is 0 Å². The predicted octanol–water partition coefficient (Wildman–Crippen LogP) is -4.01. The molecule has 2 saturated carbocycles. The van der Waals surface area contributed by atoms with E-state index in [2.05, 4.69) is 10.6 Å². The Balaban J connectivity index is 1.57. The van der Waals surface area contributed by atoms with E-state index in [-0.39, 0.29) is 38.5 Å². The molecule has 33 heavy (non-hydrogen) atoms. The summed E-state index contributed by atoms with van der Waals surface area (Å²) in [6.45, 7) is 1.02. The lowest BCUT2D eigenvalue weighted by atomic mass is 9.73. The number of amides is 2. The maximum absolute atomic E-state index is 12.0. The summed E-state index contributed by atoms with van der Waals surface area (Å²) < 4.78 is 5.97. The number of nitrogens with zero attached hydrogens (tertiary/aromatic N) is 1. The lowest BCUT2D eigenvalue weighted by molar-refractivity contribution is -0.245. The molecule has 3 rings (SSSR count). The first-order chi connectivity index (χ1) is 15.6. The van der Waals surface area contributed by atoms with Gasteiger partial charge in [-0.2, -0.15) is 0 Å². The summed E-state index contributed by atoms with van der Waals surface area (Å²) in [6, 6.07) is -1.69. The highest BCUT2D eigenvalue weighted by molar-refractivity contribution is 5.73. The third-order valence-corrected chi connectivity index (χ3v) is 7.10. The molecule has 192 valence electrons. The van der Waals surface area contributed by atoms with E-state index in [1.807, 2.05) is 0 Å². The maximum atomic E-state index is 12.0. The molecule has 13 N–H and O–H groups in total. The summed E-state index contributed by atoms with van der Waals surface area (Å²) in [5.41, 5.74) is 17.4. The quantitative estimate of drug-likeness (QED) is 0.120. The van der Waals surface area contributed by atoms with Crippen molar-refractivity contribution in [1.82, 2.24) is 15.7 Å². The molecule has 1 saturated heterocycles. The zero-order valence-corrected chi connectivity index (χ0v) is 18.7. The Morgan fingerprint density at radius 3 is 2.30 bits per heavy atom. The molecule has 9 atom stereocenters.